The van der Waals surface area contributed by atoms with Crippen molar-refractivity contribution in [2.75, 3.05) is 5.01 Å². The molecular weight excluding hydrogens is 338 g/mol. The van der Waals surface area contributed by atoms with Gasteiger partial charge in [-0.15, -0.1) is 5.06 Å². The normalized spacial score (nSPS) is 14.8. The summed E-state index contributed by atoms with van der Waals surface area (Å²) in [5.41, 5.74) is 0.937. The number of carbonyl (C=O) groups excluding carboxylic acids is 3. The molecule has 10 heteroatoms. The average molecular weight is 352 g/mol. The molecule has 0 spiro atoms. The van der Waals surface area contributed by atoms with Crippen molar-refractivity contribution in [1.82, 2.24) is 5.06 Å². The third kappa shape index (κ3) is 4.09. The minimum absolute atomic E-state index is 0.0226. The van der Waals surface area contributed by atoms with Crippen LogP contribution < -0.4 is 16.7 Å². The van der Waals surface area contributed by atoms with Gasteiger partial charge in [-0.2, -0.15) is 5.10 Å². The van der Waals surface area contributed by atoms with E-state index in [9.17, 15) is 14.4 Å². The summed E-state index contributed by atoms with van der Waals surface area (Å²) < 4.78 is 0. The molecule has 2 rings (SSSR count). The maximum absolute atomic E-state index is 11.8. The number of benzene rings is 1. The molecule has 1 aromatic rings. The maximum atomic E-state index is 11.8. The Morgan fingerprint density at radius 1 is 1.33 bits per heavy atom. The summed E-state index contributed by atoms with van der Waals surface area (Å²) in [5, 5.41) is 5.31. The fourth-order valence-corrected chi connectivity index (χ4v) is 2.14. The van der Waals surface area contributed by atoms with E-state index in [1.807, 2.05) is 0 Å². The van der Waals surface area contributed by atoms with Gasteiger partial charge in [0.05, 0.1) is 5.69 Å². The Morgan fingerprint density at radius 3 is 2.62 bits per heavy atom. The van der Waals surface area contributed by atoms with Crippen molar-refractivity contribution in [2.24, 2.45) is 16.8 Å². The molecule has 0 atom stereocenters. The van der Waals surface area contributed by atoms with Crippen molar-refractivity contribution < 1.29 is 19.2 Å². The number of nitrogens with two attached hydrogens (primary N) is 2. The van der Waals surface area contributed by atoms with Crippen LogP contribution in [0, 0.1) is 0 Å². The van der Waals surface area contributed by atoms with Gasteiger partial charge in [-0.05, 0) is 24.3 Å². The van der Waals surface area contributed by atoms with Crippen LogP contribution in [-0.4, -0.2) is 29.2 Å². The molecule has 0 unspecified atom stereocenters. The number of rotatable bonds is 5. The van der Waals surface area contributed by atoms with E-state index in [1.165, 1.54) is 12.4 Å². The Bertz CT molecular complexity index is 718. The van der Waals surface area contributed by atoms with Crippen LogP contribution in [0.1, 0.15) is 18.4 Å². The summed E-state index contributed by atoms with van der Waals surface area (Å²) in [5.74, 6) is 8.79. The molecule has 2 amide bonds. The SMILES string of the molecule is N/N=C\N(N)c1ccc(Cl)cc1/C=C/C(=O)ON1C(=O)CCC1=O. The zero-order chi connectivity index (χ0) is 17.7. The Hall–Kier alpha value is -2.91. The van der Waals surface area contributed by atoms with Crippen LogP contribution in [0.3, 0.4) is 0 Å². The Kier molecular flexibility index (Phi) is 5.51. The number of amides is 2. The highest BCUT2D eigenvalue weighted by atomic mass is 35.5. The van der Waals surface area contributed by atoms with E-state index >= 15 is 0 Å². The quantitative estimate of drug-likeness (QED) is 0.198. The molecule has 0 aromatic heterocycles. The first-order valence-electron chi connectivity index (χ1n) is 6.75. The highest BCUT2D eigenvalue weighted by Gasteiger charge is 2.32. The lowest BCUT2D eigenvalue weighted by Crippen LogP contribution is -2.31. The van der Waals surface area contributed by atoms with Crippen molar-refractivity contribution >= 4 is 47.5 Å². The first-order chi connectivity index (χ1) is 11.4. The fraction of sp³-hybridized carbons (Fsp3) is 0.143. The van der Waals surface area contributed by atoms with E-state index in [-0.39, 0.29) is 12.8 Å². The summed E-state index contributed by atoms with van der Waals surface area (Å²) in [7, 11) is 0. The van der Waals surface area contributed by atoms with Crippen LogP contribution in [0.4, 0.5) is 5.69 Å². The van der Waals surface area contributed by atoms with E-state index in [1.54, 1.807) is 18.2 Å². The Labute approximate surface area is 142 Å². The van der Waals surface area contributed by atoms with Crippen LogP contribution in [0.5, 0.6) is 0 Å². The zero-order valence-corrected chi connectivity index (χ0v) is 13.1. The molecule has 1 fully saturated rings. The molecule has 0 bridgehead atoms. The van der Waals surface area contributed by atoms with Gasteiger partial charge >= 0.3 is 5.97 Å². The van der Waals surface area contributed by atoms with E-state index in [4.69, 9.17) is 28.1 Å². The van der Waals surface area contributed by atoms with Gasteiger partial charge in [0, 0.05) is 29.5 Å². The van der Waals surface area contributed by atoms with Crippen LogP contribution in [0.2, 0.25) is 5.02 Å². The molecule has 9 nitrogen and oxygen atoms in total. The van der Waals surface area contributed by atoms with Crippen LogP contribution in [-0.2, 0) is 19.2 Å². The summed E-state index contributed by atoms with van der Waals surface area (Å²) in [6, 6.07) is 4.75. The summed E-state index contributed by atoms with van der Waals surface area (Å²) in [6.45, 7) is 0. The number of nitrogens with zero attached hydrogens (tertiary/aromatic N) is 3. The molecule has 1 heterocycles. The van der Waals surface area contributed by atoms with E-state index < -0.39 is 17.8 Å². The predicted molar refractivity (Wildman–Crippen MR) is 87.0 cm³/mol. The number of hydroxylamine groups is 2. The highest BCUT2D eigenvalue weighted by Crippen LogP contribution is 2.23. The summed E-state index contributed by atoms with van der Waals surface area (Å²) >= 11 is 5.92. The molecule has 1 aromatic carbocycles. The number of imide groups is 1. The van der Waals surface area contributed by atoms with Gasteiger partial charge in [0.25, 0.3) is 11.8 Å². The third-order valence-corrected chi connectivity index (χ3v) is 3.28. The lowest BCUT2D eigenvalue weighted by molar-refractivity contribution is -0.193. The molecule has 0 radical (unpaired) electrons. The average Bonchev–Trinajstić information content (AvgIpc) is 2.85. The number of anilines is 1. The van der Waals surface area contributed by atoms with Crippen molar-refractivity contribution in [1.29, 1.82) is 0 Å². The second-order valence-electron chi connectivity index (χ2n) is 4.70. The minimum Gasteiger partial charge on any atom is -0.326 e. The lowest BCUT2D eigenvalue weighted by Gasteiger charge is -2.15. The van der Waals surface area contributed by atoms with Crippen molar-refractivity contribution in [3.63, 3.8) is 0 Å². The second kappa shape index (κ2) is 7.57. The van der Waals surface area contributed by atoms with Gasteiger partial charge < -0.3 is 10.7 Å². The molecule has 24 heavy (non-hydrogen) atoms. The smallest absolute Gasteiger partial charge is 0.326 e. The van der Waals surface area contributed by atoms with Gasteiger partial charge in [-0.25, -0.2) is 10.6 Å². The van der Waals surface area contributed by atoms with Gasteiger partial charge in [-0.1, -0.05) is 11.6 Å². The van der Waals surface area contributed by atoms with E-state index in [2.05, 4.69) is 5.10 Å². The van der Waals surface area contributed by atoms with E-state index in [0.717, 1.165) is 11.1 Å². The molecule has 126 valence electrons. The lowest BCUT2D eigenvalue weighted by atomic mass is 10.1. The van der Waals surface area contributed by atoms with E-state index in [0.29, 0.717) is 21.3 Å². The maximum Gasteiger partial charge on any atom is 0.356 e. The van der Waals surface area contributed by atoms with Crippen LogP contribution >= 0.6 is 11.6 Å². The number of hydrogen-bond acceptors (Lipinski definition) is 7. The first kappa shape index (κ1) is 17.4. The Balaban J connectivity index is 2.16. The van der Waals surface area contributed by atoms with Gasteiger partial charge in [-0.3, -0.25) is 14.6 Å². The van der Waals surface area contributed by atoms with Gasteiger partial charge in [0.2, 0.25) is 0 Å². The van der Waals surface area contributed by atoms with Crippen molar-refractivity contribution in [2.45, 2.75) is 12.8 Å². The predicted octanol–water partition coefficient (Wildman–Crippen LogP) is 0.542. The van der Waals surface area contributed by atoms with Crippen molar-refractivity contribution in [3.8, 4) is 0 Å². The van der Waals surface area contributed by atoms with Crippen LogP contribution in [0.25, 0.3) is 6.08 Å². The number of hydrazone groups is 1. The second-order valence-corrected chi connectivity index (χ2v) is 5.14. The molecule has 1 aliphatic rings. The molecular formula is C14H14ClN5O4. The number of halogens is 1. The number of carbonyl (C=O) groups is 3. The largest absolute Gasteiger partial charge is 0.356 e. The van der Waals surface area contributed by atoms with Gasteiger partial charge in [0.1, 0.15) is 6.34 Å². The molecule has 0 saturated carbocycles. The Morgan fingerprint density at radius 2 is 2.00 bits per heavy atom. The number of hydrogen-bond donors (Lipinski definition) is 2. The summed E-state index contributed by atoms with van der Waals surface area (Å²) in [6.07, 6.45) is 3.63. The zero-order valence-electron chi connectivity index (χ0n) is 12.4. The molecule has 4 N–H and O–H groups in total. The standard InChI is InChI=1S/C14H14ClN5O4/c15-10-2-3-11(19(17)8-18-16)9(7-10)1-6-14(23)24-20-12(21)4-5-13(20)22/h1-3,6-8H,4-5,16-17H2/b6-1+,18-8-. The highest BCUT2D eigenvalue weighted by molar-refractivity contribution is 6.30. The molecule has 1 saturated heterocycles. The van der Waals surface area contributed by atoms with Crippen LogP contribution in [0.15, 0.2) is 29.4 Å². The first-order valence-corrected chi connectivity index (χ1v) is 7.13. The topological polar surface area (TPSA) is 131 Å². The monoisotopic (exact) mass is 351 g/mol. The molecule has 0 aliphatic carbocycles. The minimum atomic E-state index is -0.888. The van der Waals surface area contributed by atoms with Crippen molar-refractivity contribution in [3.05, 3.63) is 34.9 Å². The summed E-state index contributed by atoms with van der Waals surface area (Å²) in [4.78, 5) is 39.3. The number of hydrazine groups is 1. The fourth-order valence-electron chi connectivity index (χ4n) is 1.96. The molecule has 1 aliphatic heterocycles. The van der Waals surface area contributed by atoms with Gasteiger partial charge in [0.15, 0.2) is 0 Å². The third-order valence-electron chi connectivity index (χ3n) is 3.04.